The van der Waals surface area contributed by atoms with E-state index >= 15 is 0 Å². The van der Waals surface area contributed by atoms with Gasteiger partial charge in [-0.25, -0.2) is 4.99 Å². The van der Waals surface area contributed by atoms with Crippen LogP contribution < -0.4 is 10.6 Å². The Morgan fingerprint density at radius 2 is 1.73 bits per heavy atom. The first kappa shape index (κ1) is 23.2. The molecular weight excluding hydrogens is 437 g/mol. The lowest BCUT2D eigenvalue weighted by Crippen LogP contribution is -2.37. The molecule has 0 bridgehead atoms. The van der Waals surface area contributed by atoms with Crippen molar-refractivity contribution >= 4 is 29.9 Å². The SMILES string of the molecule is CCCNC(=NCc1ccc(CN2CCCN(C)CC2)cc1)NCC.I. The van der Waals surface area contributed by atoms with Crippen LogP contribution in [0.3, 0.4) is 0 Å². The second kappa shape index (κ2) is 13.3. The third-order valence-electron chi connectivity index (χ3n) is 4.55. The first-order chi connectivity index (χ1) is 12.2. The van der Waals surface area contributed by atoms with Crippen LogP contribution in [0.4, 0.5) is 0 Å². The average Bonchev–Trinajstić information content (AvgIpc) is 2.83. The van der Waals surface area contributed by atoms with E-state index in [1.807, 2.05) is 0 Å². The lowest BCUT2D eigenvalue weighted by Gasteiger charge is -2.20. The summed E-state index contributed by atoms with van der Waals surface area (Å²) >= 11 is 0. The quantitative estimate of drug-likeness (QED) is 0.363. The van der Waals surface area contributed by atoms with Gasteiger partial charge >= 0.3 is 0 Å². The van der Waals surface area contributed by atoms with Gasteiger partial charge in [-0.15, -0.1) is 24.0 Å². The number of rotatable bonds is 7. The van der Waals surface area contributed by atoms with Gasteiger partial charge in [-0.05, 0) is 51.0 Å². The van der Waals surface area contributed by atoms with Gasteiger partial charge in [-0.3, -0.25) is 4.90 Å². The topological polar surface area (TPSA) is 42.9 Å². The lowest BCUT2D eigenvalue weighted by molar-refractivity contribution is 0.269. The van der Waals surface area contributed by atoms with Gasteiger partial charge in [-0.1, -0.05) is 31.2 Å². The average molecular weight is 473 g/mol. The summed E-state index contributed by atoms with van der Waals surface area (Å²) in [6, 6.07) is 8.94. The maximum atomic E-state index is 4.67. The second-order valence-corrected chi connectivity index (χ2v) is 6.87. The third kappa shape index (κ3) is 8.68. The van der Waals surface area contributed by atoms with Crippen molar-refractivity contribution in [1.29, 1.82) is 0 Å². The van der Waals surface area contributed by atoms with E-state index in [0.717, 1.165) is 38.6 Å². The van der Waals surface area contributed by atoms with Gasteiger partial charge in [0.1, 0.15) is 0 Å². The number of benzene rings is 1. The fourth-order valence-corrected chi connectivity index (χ4v) is 3.02. The fraction of sp³-hybridized carbons (Fsp3) is 0.650. The number of hydrogen-bond acceptors (Lipinski definition) is 3. The van der Waals surface area contributed by atoms with Crippen molar-refractivity contribution < 1.29 is 0 Å². The van der Waals surface area contributed by atoms with Gasteiger partial charge in [0.15, 0.2) is 5.96 Å². The summed E-state index contributed by atoms with van der Waals surface area (Å²) in [5.74, 6) is 0.905. The van der Waals surface area contributed by atoms with E-state index < -0.39 is 0 Å². The summed E-state index contributed by atoms with van der Waals surface area (Å²) in [4.78, 5) is 9.66. The fourth-order valence-electron chi connectivity index (χ4n) is 3.02. The van der Waals surface area contributed by atoms with Crippen molar-refractivity contribution in [3.63, 3.8) is 0 Å². The molecule has 1 aromatic rings. The molecule has 1 saturated heterocycles. The summed E-state index contributed by atoms with van der Waals surface area (Å²) in [6.07, 6.45) is 2.37. The van der Waals surface area contributed by atoms with Crippen LogP contribution in [0.15, 0.2) is 29.3 Å². The molecule has 0 saturated carbocycles. The highest BCUT2D eigenvalue weighted by atomic mass is 127. The molecule has 2 N–H and O–H groups in total. The summed E-state index contributed by atoms with van der Waals surface area (Å²) in [5.41, 5.74) is 2.65. The van der Waals surface area contributed by atoms with Crippen molar-refractivity contribution in [2.45, 2.75) is 39.8 Å². The Morgan fingerprint density at radius 1 is 1.00 bits per heavy atom. The van der Waals surface area contributed by atoms with Crippen LogP contribution in [0.25, 0.3) is 0 Å². The molecule has 148 valence electrons. The van der Waals surface area contributed by atoms with Crippen LogP contribution in [-0.2, 0) is 13.1 Å². The van der Waals surface area contributed by atoms with Crippen LogP contribution in [0.5, 0.6) is 0 Å². The van der Waals surface area contributed by atoms with Gasteiger partial charge in [0.05, 0.1) is 6.54 Å². The van der Waals surface area contributed by atoms with Crippen LogP contribution in [0.2, 0.25) is 0 Å². The molecule has 0 aliphatic carbocycles. The van der Waals surface area contributed by atoms with Crippen molar-refractivity contribution in [2.24, 2.45) is 4.99 Å². The van der Waals surface area contributed by atoms with E-state index in [2.05, 4.69) is 70.6 Å². The summed E-state index contributed by atoms with van der Waals surface area (Å²) in [7, 11) is 2.22. The highest BCUT2D eigenvalue weighted by Crippen LogP contribution is 2.10. The zero-order chi connectivity index (χ0) is 17.9. The highest BCUT2D eigenvalue weighted by molar-refractivity contribution is 14.0. The molecule has 5 nitrogen and oxygen atoms in total. The van der Waals surface area contributed by atoms with Crippen molar-refractivity contribution in [3.8, 4) is 0 Å². The zero-order valence-electron chi connectivity index (χ0n) is 16.6. The molecule has 1 aliphatic heterocycles. The number of hydrogen-bond donors (Lipinski definition) is 2. The Labute approximate surface area is 176 Å². The molecule has 0 atom stereocenters. The molecule has 0 spiro atoms. The molecule has 0 aromatic heterocycles. The van der Waals surface area contributed by atoms with Gasteiger partial charge in [0.2, 0.25) is 0 Å². The van der Waals surface area contributed by atoms with E-state index in [1.165, 1.54) is 37.2 Å². The number of nitrogens with one attached hydrogen (secondary N) is 2. The van der Waals surface area contributed by atoms with Gasteiger partial charge in [0.25, 0.3) is 0 Å². The van der Waals surface area contributed by atoms with Crippen LogP contribution in [-0.4, -0.2) is 62.1 Å². The van der Waals surface area contributed by atoms with Gasteiger partial charge in [-0.2, -0.15) is 0 Å². The number of likely N-dealkylation sites (N-methyl/N-ethyl adjacent to an activating group) is 1. The second-order valence-electron chi connectivity index (χ2n) is 6.87. The number of halogens is 1. The molecule has 1 aromatic carbocycles. The van der Waals surface area contributed by atoms with Crippen molar-refractivity contribution in [1.82, 2.24) is 20.4 Å². The zero-order valence-corrected chi connectivity index (χ0v) is 19.0. The molecule has 6 heteroatoms. The largest absolute Gasteiger partial charge is 0.357 e. The van der Waals surface area contributed by atoms with E-state index in [1.54, 1.807) is 0 Å². The van der Waals surface area contributed by atoms with Crippen LogP contribution in [0, 0.1) is 0 Å². The predicted molar refractivity (Wildman–Crippen MR) is 122 cm³/mol. The standard InChI is InChI=1S/C20H35N5.HI/c1-4-11-22-20(21-5-2)23-16-18-7-9-19(10-8-18)17-25-13-6-12-24(3)14-15-25;/h7-10H,4-6,11-17H2,1-3H3,(H2,21,22,23);1H. The predicted octanol–water partition coefficient (Wildman–Crippen LogP) is 2.91. The molecule has 1 fully saturated rings. The highest BCUT2D eigenvalue weighted by Gasteiger charge is 2.12. The molecule has 0 radical (unpaired) electrons. The summed E-state index contributed by atoms with van der Waals surface area (Å²) in [6.45, 7) is 12.6. The van der Waals surface area contributed by atoms with Crippen molar-refractivity contribution in [2.75, 3.05) is 46.3 Å². The number of aliphatic imine (C=N–C) groups is 1. The first-order valence-corrected chi connectivity index (χ1v) is 9.72. The first-order valence-electron chi connectivity index (χ1n) is 9.72. The smallest absolute Gasteiger partial charge is 0.191 e. The Hall–Kier alpha value is -0.860. The van der Waals surface area contributed by atoms with E-state index in [4.69, 9.17) is 0 Å². The Morgan fingerprint density at radius 3 is 2.42 bits per heavy atom. The van der Waals surface area contributed by atoms with Crippen LogP contribution in [0.1, 0.15) is 37.8 Å². The Bertz CT molecular complexity index is 517. The van der Waals surface area contributed by atoms with E-state index in [9.17, 15) is 0 Å². The molecule has 1 heterocycles. The van der Waals surface area contributed by atoms with Crippen molar-refractivity contribution in [3.05, 3.63) is 35.4 Å². The third-order valence-corrected chi connectivity index (χ3v) is 4.55. The van der Waals surface area contributed by atoms with E-state index in [-0.39, 0.29) is 24.0 Å². The van der Waals surface area contributed by atoms with E-state index in [0.29, 0.717) is 6.54 Å². The maximum absolute atomic E-state index is 4.67. The molecular formula is C20H36IN5. The normalized spacial score (nSPS) is 16.7. The molecule has 2 rings (SSSR count). The minimum Gasteiger partial charge on any atom is -0.357 e. The van der Waals surface area contributed by atoms with Gasteiger partial charge < -0.3 is 15.5 Å². The minimum atomic E-state index is 0. The molecule has 0 amide bonds. The molecule has 0 unspecified atom stereocenters. The maximum Gasteiger partial charge on any atom is 0.191 e. The summed E-state index contributed by atoms with van der Waals surface area (Å²) in [5, 5.41) is 6.63. The van der Waals surface area contributed by atoms with Crippen LogP contribution >= 0.6 is 24.0 Å². The minimum absolute atomic E-state index is 0. The molecule has 1 aliphatic rings. The Balaban J connectivity index is 0.00000338. The number of guanidine groups is 1. The number of nitrogens with zero attached hydrogens (tertiary/aromatic N) is 3. The Kier molecular flexibility index (Phi) is 11.9. The molecule has 26 heavy (non-hydrogen) atoms. The summed E-state index contributed by atoms with van der Waals surface area (Å²) < 4.78 is 0. The monoisotopic (exact) mass is 473 g/mol. The van der Waals surface area contributed by atoms with Gasteiger partial charge in [0, 0.05) is 32.7 Å². The lowest BCUT2D eigenvalue weighted by atomic mass is 10.1.